The van der Waals surface area contributed by atoms with E-state index in [0.717, 1.165) is 29.2 Å². The molecule has 3 heterocycles. The van der Waals surface area contributed by atoms with Crippen molar-refractivity contribution in [3.05, 3.63) is 66.6 Å². The molecule has 3 saturated heterocycles. The maximum absolute atomic E-state index is 15.0. The van der Waals surface area contributed by atoms with Crippen molar-refractivity contribution in [1.82, 2.24) is 15.5 Å². The molecule has 29 nitrogen and oxygen atoms in total. The Kier molecular flexibility index (Phi) is 45.4. The molecule has 12 unspecified atom stereocenters. The number of anilines is 2. The number of carbonyl (C=O) groups is 14. The SMILES string of the molecule is CCCCN.CCCCNC(=O)C(C(CC(C)(C)C(C(=O)OCC)C(CC(C)(C)C1C(=O)OC(=O)C1C)C(=O)O)C(=O)O)C(C)(C)CC1C(=O)N(CCCC)C(=O)C1C(C)(C)CC(C(=O)O)C(C(=O)OCCNC(=O)c1ccc(N(C)C)cc1)C(C)(C)CC.CCO.CN(C)c1ccc(C(=O)CCCO)cc1.[CH2+]C1C(=O)OC(=O)C1C(C)(C)CC. The fourth-order valence-corrected chi connectivity index (χ4v) is 16.5. The molecule has 3 fully saturated rings. The van der Waals surface area contributed by atoms with E-state index in [0.29, 0.717) is 56.1 Å². The Morgan fingerprint density at radius 3 is 1.38 bits per heavy atom. The topological polar surface area (TPSA) is 437 Å². The summed E-state index contributed by atoms with van der Waals surface area (Å²) in [6, 6.07) is 14.4. The summed E-state index contributed by atoms with van der Waals surface area (Å²) in [5.74, 6) is -25.4. The van der Waals surface area contributed by atoms with Gasteiger partial charge in [0, 0.05) is 83.4 Å². The van der Waals surface area contributed by atoms with Crippen molar-refractivity contribution >= 4 is 94.5 Å². The molecule has 0 bridgehead atoms. The van der Waals surface area contributed by atoms with E-state index < -0.39 is 176 Å². The second-order valence-electron chi connectivity index (χ2n) is 36.2. The zero-order chi connectivity index (χ0) is 92.5. The minimum absolute atomic E-state index is 0.0244. The first-order valence-corrected chi connectivity index (χ1v) is 42.5. The second kappa shape index (κ2) is 49.9. The van der Waals surface area contributed by atoms with Crippen molar-refractivity contribution in [2.24, 2.45) is 109 Å². The fourth-order valence-electron chi connectivity index (χ4n) is 16.5. The molecular formula is C91H147N6O23+. The van der Waals surface area contributed by atoms with Gasteiger partial charge in [0.2, 0.25) is 23.6 Å². The van der Waals surface area contributed by atoms with Gasteiger partial charge in [0.05, 0.1) is 79.3 Å². The third-order valence-corrected chi connectivity index (χ3v) is 23.8. The normalized spacial score (nSPS) is 18.9. The number of Topliss-reactive ketones (excluding diaryl/α,β-unsaturated/α-hetero) is 1. The van der Waals surface area contributed by atoms with E-state index in [1.807, 2.05) is 96.9 Å². The minimum atomic E-state index is -1.68. The number of carboxylic acid groups (broad SMARTS) is 3. The lowest BCUT2D eigenvalue weighted by Gasteiger charge is -2.45. The van der Waals surface area contributed by atoms with Crippen molar-refractivity contribution in [2.45, 2.75) is 228 Å². The number of amides is 4. The van der Waals surface area contributed by atoms with Gasteiger partial charge >= 0.3 is 53.7 Å². The van der Waals surface area contributed by atoms with Crippen LogP contribution in [0.4, 0.5) is 11.4 Å². The minimum Gasteiger partial charge on any atom is -0.481 e. The average Bonchev–Trinajstić information content (AvgIpc) is 1.56. The molecule has 12 atom stereocenters. The number of hydrogen-bond donors (Lipinski definition) is 8. The number of ketones is 1. The van der Waals surface area contributed by atoms with Crippen LogP contribution in [0.1, 0.15) is 249 Å². The number of unbranched alkanes of at least 4 members (excludes halogenated alkanes) is 3. The highest BCUT2D eigenvalue weighted by atomic mass is 16.6. The summed E-state index contributed by atoms with van der Waals surface area (Å²) >= 11 is 0. The van der Waals surface area contributed by atoms with Crippen LogP contribution in [0.25, 0.3) is 0 Å². The molecule has 9 N–H and O–H groups in total. The molecule has 29 heteroatoms. The number of nitrogens with one attached hydrogen (secondary N) is 2. The van der Waals surface area contributed by atoms with Gasteiger partial charge in [0.25, 0.3) is 5.91 Å². The van der Waals surface area contributed by atoms with Crippen LogP contribution in [0, 0.1) is 110 Å². The monoisotopic (exact) mass is 1690 g/mol. The second-order valence-corrected chi connectivity index (χ2v) is 36.2. The van der Waals surface area contributed by atoms with Crippen molar-refractivity contribution < 1.29 is 112 Å². The van der Waals surface area contributed by atoms with E-state index in [1.165, 1.54) is 40.5 Å². The van der Waals surface area contributed by atoms with Gasteiger partial charge in [-0.05, 0) is 159 Å². The molecule has 0 aromatic heterocycles. The Hall–Kier alpha value is -8.83. The molecule has 3 aliphatic rings. The summed E-state index contributed by atoms with van der Waals surface area (Å²) in [5.41, 5.74) is 1.25. The van der Waals surface area contributed by atoms with Gasteiger partial charge in [-0.25, -0.2) is 4.79 Å². The summed E-state index contributed by atoms with van der Waals surface area (Å²) in [5, 5.41) is 55.3. The van der Waals surface area contributed by atoms with Crippen molar-refractivity contribution in [3.63, 3.8) is 0 Å². The van der Waals surface area contributed by atoms with Crippen LogP contribution in [-0.2, 0) is 76.5 Å². The van der Waals surface area contributed by atoms with Crippen molar-refractivity contribution in [2.75, 3.05) is 90.6 Å². The molecule has 4 amide bonds. The number of esters is 6. The first-order valence-electron chi connectivity index (χ1n) is 42.5. The number of benzene rings is 2. The lowest BCUT2D eigenvalue weighted by molar-refractivity contribution is -0.168. The van der Waals surface area contributed by atoms with Crippen LogP contribution < -0.4 is 26.2 Å². The summed E-state index contributed by atoms with van der Waals surface area (Å²) in [4.78, 5) is 192. The Morgan fingerprint density at radius 1 is 0.525 bits per heavy atom. The van der Waals surface area contributed by atoms with Crippen LogP contribution >= 0.6 is 0 Å². The maximum atomic E-state index is 15.0. The number of ether oxygens (including phenoxy) is 4. The smallest absolute Gasteiger partial charge is 0.362 e. The molecule has 3 aliphatic heterocycles. The predicted molar refractivity (Wildman–Crippen MR) is 458 cm³/mol. The van der Waals surface area contributed by atoms with Gasteiger partial charge in [0.15, 0.2) is 5.78 Å². The molecule has 0 aliphatic carbocycles. The van der Waals surface area contributed by atoms with E-state index in [2.05, 4.69) is 29.2 Å². The lowest BCUT2D eigenvalue weighted by atomic mass is 9.57. The van der Waals surface area contributed by atoms with Crippen LogP contribution in [0.2, 0.25) is 0 Å². The summed E-state index contributed by atoms with van der Waals surface area (Å²) in [6.45, 7) is 39.0. The number of hydrogen-bond acceptors (Lipinski definition) is 23. The van der Waals surface area contributed by atoms with Crippen molar-refractivity contribution in [1.29, 1.82) is 0 Å². The fraction of sp³-hybridized carbons (Fsp3) is 0.703. The number of imide groups is 1. The van der Waals surface area contributed by atoms with Gasteiger partial charge in [-0.15, -0.1) is 0 Å². The Morgan fingerprint density at radius 2 is 0.975 bits per heavy atom. The highest BCUT2D eigenvalue weighted by Crippen LogP contribution is 2.55. The van der Waals surface area contributed by atoms with Crippen LogP contribution in [-0.4, -0.2) is 194 Å². The zero-order valence-electron chi connectivity index (χ0n) is 76.3. The summed E-state index contributed by atoms with van der Waals surface area (Å²) in [6.07, 6.45) is 5.25. The van der Waals surface area contributed by atoms with Crippen LogP contribution in [0.15, 0.2) is 48.5 Å². The number of aliphatic hydroxyl groups excluding tert-OH is 2. The van der Waals surface area contributed by atoms with Gasteiger partial charge in [0.1, 0.15) is 12.5 Å². The number of likely N-dealkylation sites (tertiary alicyclic amines) is 1. The Bertz CT molecular complexity index is 3690. The van der Waals surface area contributed by atoms with Gasteiger partial charge in [-0.1, -0.05) is 150 Å². The quantitative estimate of drug-likeness (QED) is 0.00581. The maximum Gasteiger partial charge on any atom is 0.362 e. The van der Waals surface area contributed by atoms with Gasteiger partial charge in [-0.3, -0.25) is 67.2 Å². The molecule has 0 spiro atoms. The summed E-state index contributed by atoms with van der Waals surface area (Å²) < 4.78 is 20.7. The van der Waals surface area contributed by atoms with Gasteiger partial charge in [-0.2, -0.15) is 0 Å². The number of carbonyl (C=O) groups excluding carboxylic acids is 11. The standard InChI is InChI=1S/C63H98N4O17.C12H17NO2.C10H15O3.C4H11N.C2H6O/c1-18-22-28-64-49(69)44(40(52(72)73)33-63(14,15)47(56(79)82-21-4)42(54(76)77)34-60(8,9)43-36(5)55(78)84-58(43)81)61(10,11)32-39-45(51(71)67(50(39)70)30-23-19-2)62(12,13)35-41(53(74)75)46(59(6,7)20-3)57(80)83-31-29-65-48(68)37-24-26-38(27-25-37)66(16)17;1-13(2)11-7-5-10(6-8-11)12(15)4-3-9-14;1-5-10(3,4)7-6(2)8(11)13-9(7)12;1-2-3-4-5;1-2-3/h24-27,36,39-47H,18-23,28-35H2,1-17H3,(H,64,69)(H,65,68)(H,72,73)(H,74,75)(H,76,77);5-8,14H,3-4,9H2,1-2H3;6-7H,2,5H2,1,3-4H3;2-5H2,1H3;3H,2H2,1H3/q;;+1;;. The molecule has 5 rings (SSSR count). The number of aliphatic hydroxyl groups is 2. The molecule has 678 valence electrons. The first kappa shape index (κ1) is 109. The Balaban J connectivity index is 0.00000162. The first-order chi connectivity index (χ1) is 55.7. The highest BCUT2D eigenvalue weighted by Gasteiger charge is 2.61. The molecule has 120 heavy (non-hydrogen) atoms. The number of cyclic esters (lactones) is 4. The number of rotatable bonds is 44. The zero-order valence-corrected chi connectivity index (χ0v) is 76.3. The van der Waals surface area contributed by atoms with E-state index in [-0.39, 0.29) is 82.4 Å². The third kappa shape index (κ3) is 31.3. The summed E-state index contributed by atoms with van der Waals surface area (Å²) in [7, 11) is 7.66. The number of carboxylic acids is 3. The average molecular weight is 1690 g/mol. The third-order valence-electron chi connectivity index (χ3n) is 23.8. The molecule has 2 aromatic rings. The number of nitrogens with two attached hydrogens (primary N) is 1. The molecule has 0 saturated carbocycles. The molecule has 0 radical (unpaired) electrons. The predicted octanol–water partition coefficient (Wildman–Crippen LogP) is 12.3. The van der Waals surface area contributed by atoms with E-state index in [4.69, 9.17) is 30.2 Å². The Labute approximate surface area is 713 Å². The van der Waals surface area contributed by atoms with E-state index >= 15 is 9.59 Å². The van der Waals surface area contributed by atoms with E-state index in [9.17, 15) is 72.9 Å². The van der Waals surface area contributed by atoms with Gasteiger partial charge < -0.3 is 70.6 Å². The van der Waals surface area contributed by atoms with E-state index in [1.54, 1.807) is 93.5 Å². The lowest BCUT2D eigenvalue weighted by Crippen LogP contribution is -2.51. The van der Waals surface area contributed by atoms with Crippen molar-refractivity contribution in [3.8, 4) is 0 Å². The van der Waals surface area contributed by atoms with Crippen LogP contribution in [0.3, 0.4) is 0 Å². The number of aliphatic carboxylic acids is 3. The number of nitrogens with zero attached hydrogens (tertiary/aromatic N) is 3. The highest BCUT2D eigenvalue weighted by molar-refractivity contribution is 6.06. The largest absolute Gasteiger partial charge is 0.481 e. The molecular weight excluding hydrogens is 1550 g/mol. The van der Waals surface area contributed by atoms with Crippen LogP contribution in [0.5, 0.6) is 0 Å². The molecule has 2 aromatic carbocycles.